The third-order valence-corrected chi connectivity index (χ3v) is 2.91. The predicted octanol–water partition coefficient (Wildman–Crippen LogP) is 3.65. The average Bonchev–Trinajstić information content (AvgIpc) is 2.43. The molecule has 21 heavy (non-hydrogen) atoms. The summed E-state index contributed by atoms with van der Waals surface area (Å²) in [6.07, 6.45) is 0.206. The third kappa shape index (κ3) is 6.05. The highest BCUT2D eigenvalue weighted by atomic mass is 16.5. The van der Waals surface area contributed by atoms with E-state index >= 15 is 0 Å². The highest BCUT2D eigenvalue weighted by molar-refractivity contribution is 5.43. The maximum atomic E-state index is 9.01. The Morgan fingerprint density at radius 3 is 2.48 bits per heavy atom. The van der Waals surface area contributed by atoms with Gasteiger partial charge in [-0.3, -0.25) is 0 Å². The van der Waals surface area contributed by atoms with Crippen LogP contribution in [0, 0.1) is 11.3 Å². The second kappa shape index (κ2) is 7.90. The zero-order valence-corrected chi connectivity index (χ0v) is 13.7. The van der Waals surface area contributed by atoms with Crippen LogP contribution in [0.5, 0.6) is 11.5 Å². The highest BCUT2D eigenvalue weighted by Crippen LogP contribution is 2.30. The van der Waals surface area contributed by atoms with Crippen LogP contribution in [0.25, 0.3) is 0 Å². The van der Waals surface area contributed by atoms with Gasteiger partial charge in [0.25, 0.3) is 0 Å². The Labute approximate surface area is 128 Å². The number of nitrogens with zero attached hydrogens (tertiary/aromatic N) is 1. The van der Waals surface area contributed by atoms with Gasteiger partial charge in [-0.15, -0.1) is 0 Å². The monoisotopic (exact) mass is 290 g/mol. The molecular formula is C17H26N2O2. The molecule has 1 rings (SSSR count). The molecule has 0 aliphatic heterocycles. The maximum Gasteiger partial charge on any atom is 0.184 e. The van der Waals surface area contributed by atoms with Gasteiger partial charge in [0.15, 0.2) is 17.6 Å². The molecule has 0 saturated carbocycles. The van der Waals surface area contributed by atoms with E-state index in [4.69, 9.17) is 14.7 Å². The van der Waals surface area contributed by atoms with E-state index < -0.39 is 6.10 Å². The molecule has 0 aliphatic rings. The Kier molecular flexibility index (Phi) is 6.51. The number of hydrogen-bond acceptors (Lipinski definition) is 4. The largest absolute Gasteiger partial charge is 0.490 e. The van der Waals surface area contributed by atoms with Crippen LogP contribution in [0.1, 0.15) is 46.6 Å². The first-order valence-corrected chi connectivity index (χ1v) is 7.46. The fraction of sp³-hybridized carbons (Fsp3) is 0.588. The Morgan fingerprint density at radius 1 is 1.24 bits per heavy atom. The Hall–Kier alpha value is -1.73. The van der Waals surface area contributed by atoms with E-state index in [9.17, 15) is 0 Å². The minimum atomic E-state index is -0.442. The number of rotatable bonds is 7. The standard InChI is InChI=1S/C17H26N2O2/c1-6-14(11-18)21-15-9-8-13(10-16(15)20-7-2)12-19-17(3,4)5/h8-10,14,19H,6-7,12H2,1-5H3. The molecule has 1 atom stereocenters. The molecule has 0 radical (unpaired) electrons. The van der Waals surface area contributed by atoms with Crippen LogP contribution in [-0.2, 0) is 6.54 Å². The minimum Gasteiger partial charge on any atom is -0.490 e. The first-order chi connectivity index (χ1) is 9.89. The van der Waals surface area contributed by atoms with Crippen LogP contribution >= 0.6 is 0 Å². The molecule has 1 aromatic carbocycles. The number of nitrogens with one attached hydrogen (secondary N) is 1. The van der Waals surface area contributed by atoms with Gasteiger partial charge >= 0.3 is 0 Å². The molecule has 0 spiro atoms. The lowest BCUT2D eigenvalue weighted by molar-refractivity contribution is 0.231. The van der Waals surface area contributed by atoms with E-state index in [0.29, 0.717) is 24.5 Å². The fourth-order valence-corrected chi connectivity index (χ4v) is 1.75. The number of ether oxygens (including phenoxy) is 2. The van der Waals surface area contributed by atoms with E-state index in [2.05, 4.69) is 32.2 Å². The van der Waals surface area contributed by atoms with Crippen molar-refractivity contribution in [3.8, 4) is 17.6 Å². The van der Waals surface area contributed by atoms with Crippen molar-refractivity contribution in [2.75, 3.05) is 6.61 Å². The van der Waals surface area contributed by atoms with E-state index in [1.165, 1.54) is 0 Å². The summed E-state index contributed by atoms with van der Waals surface area (Å²) in [5.41, 5.74) is 1.19. The van der Waals surface area contributed by atoms with Gasteiger partial charge in [0.1, 0.15) is 6.07 Å². The van der Waals surface area contributed by atoms with E-state index in [0.717, 1.165) is 12.1 Å². The zero-order chi connectivity index (χ0) is 15.9. The van der Waals surface area contributed by atoms with Crippen LogP contribution in [0.2, 0.25) is 0 Å². The van der Waals surface area contributed by atoms with Gasteiger partial charge in [-0.1, -0.05) is 13.0 Å². The van der Waals surface area contributed by atoms with Crippen LogP contribution in [0.4, 0.5) is 0 Å². The van der Waals surface area contributed by atoms with Crippen LogP contribution < -0.4 is 14.8 Å². The normalized spacial score (nSPS) is 12.6. The van der Waals surface area contributed by atoms with Crippen molar-refractivity contribution in [3.05, 3.63) is 23.8 Å². The second-order valence-electron chi connectivity index (χ2n) is 5.96. The summed E-state index contributed by atoms with van der Waals surface area (Å²) < 4.78 is 11.3. The third-order valence-electron chi connectivity index (χ3n) is 2.91. The summed E-state index contributed by atoms with van der Waals surface area (Å²) in [6, 6.07) is 7.99. The SMILES string of the molecule is CCOc1cc(CNC(C)(C)C)ccc1OC(C#N)CC. The molecule has 116 valence electrons. The van der Waals surface area contributed by atoms with Crippen molar-refractivity contribution < 1.29 is 9.47 Å². The Balaban J connectivity index is 2.88. The molecule has 4 heteroatoms. The predicted molar refractivity (Wildman–Crippen MR) is 84.5 cm³/mol. The van der Waals surface area contributed by atoms with Gasteiger partial charge in [-0.05, 0) is 51.8 Å². The average molecular weight is 290 g/mol. The van der Waals surface area contributed by atoms with Crippen molar-refractivity contribution in [1.29, 1.82) is 5.26 Å². The molecule has 1 N–H and O–H groups in total. The summed E-state index contributed by atoms with van der Waals surface area (Å²) in [5, 5.41) is 12.5. The molecule has 0 amide bonds. The summed E-state index contributed by atoms with van der Waals surface area (Å²) in [5.74, 6) is 1.32. The summed E-state index contributed by atoms with van der Waals surface area (Å²) in [4.78, 5) is 0. The van der Waals surface area contributed by atoms with Gasteiger partial charge in [-0.2, -0.15) is 5.26 Å². The van der Waals surface area contributed by atoms with Crippen LogP contribution in [0.15, 0.2) is 18.2 Å². The molecule has 0 fully saturated rings. The molecule has 0 aromatic heterocycles. The second-order valence-corrected chi connectivity index (χ2v) is 5.96. The molecule has 0 aliphatic carbocycles. The summed E-state index contributed by atoms with van der Waals surface area (Å²) in [7, 11) is 0. The lowest BCUT2D eigenvalue weighted by atomic mass is 10.1. The molecule has 1 aromatic rings. The molecule has 4 nitrogen and oxygen atoms in total. The highest BCUT2D eigenvalue weighted by Gasteiger charge is 2.13. The molecule has 1 unspecified atom stereocenters. The van der Waals surface area contributed by atoms with Crippen LogP contribution in [0.3, 0.4) is 0 Å². The van der Waals surface area contributed by atoms with E-state index in [1.807, 2.05) is 32.0 Å². The summed E-state index contributed by atoms with van der Waals surface area (Å²) in [6.45, 7) is 11.6. The molecule has 0 saturated heterocycles. The lowest BCUT2D eigenvalue weighted by Gasteiger charge is -2.21. The van der Waals surface area contributed by atoms with Gasteiger partial charge in [0, 0.05) is 12.1 Å². The van der Waals surface area contributed by atoms with Gasteiger partial charge in [0.2, 0.25) is 0 Å². The van der Waals surface area contributed by atoms with E-state index in [1.54, 1.807) is 0 Å². The smallest absolute Gasteiger partial charge is 0.184 e. The fourth-order valence-electron chi connectivity index (χ4n) is 1.75. The van der Waals surface area contributed by atoms with Crippen molar-refractivity contribution in [2.45, 2.75) is 59.2 Å². The minimum absolute atomic E-state index is 0.0645. The number of benzene rings is 1. The molecule has 0 bridgehead atoms. The van der Waals surface area contributed by atoms with Gasteiger partial charge < -0.3 is 14.8 Å². The number of hydrogen-bond donors (Lipinski definition) is 1. The van der Waals surface area contributed by atoms with Crippen molar-refractivity contribution >= 4 is 0 Å². The van der Waals surface area contributed by atoms with Crippen molar-refractivity contribution in [1.82, 2.24) is 5.32 Å². The maximum absolute atomic E-state index is 9.01. The topological polar surface area (TPSA) is 54.3 Å². The first-order valence-electron chi connectivity index (χ1n) is 7.46. The van der Waals surface area contributed by atoms with Gasteiger partial charge in [-0.25, -0.2) is 0 Å². The number of nitriles is 1. The molecule has 0 heterocycles. The summed E-state index contributed by atoms with van der Waals surface area (Å²) >= 11 is 0. The Morgan fingerprint density at radius 2 is 1.95 bits per heavy atom. The zero-order valence-electron chi connectivity index (χ0n) is 13.7. The van der Waals surface area contributed by atoms with Crippen LogP contribution in [-0.4, -0.2) is 18.2 Å². The van der Waals surface area contributed by atoms with Gasteiger partial charge in [0.05, 0.1) is 6.61 Å². The lowest BCUT2D eigenvalue weighted by Crippen LogP contribution is -2.35. The molecular weight excluding hydrogens is 264 g/mol. The van der Waals surface area contributed by atoms with Crippen molar-refractivity contribution in [3.63, 3.8) is 0 Å². The van der Waals surface area contributed by atoms with E-state index in [-0.39, 0.29) is 5.54 Å². The Bertz CT molecular complexity index is 487. The van der Waals surface area contributed by atoms with Crippen molar-refractivity contribution in [2.24, 2.45) is 0 Å². The first kappa shape index (κ1) is 17.3. The quantitative estimate of drug-likeness (QED) is 0.832.